The van der Waals surface area contributed by atoms with Gasteiger partial charge in [-0.05, 0) is 42.8 Å². The first kappa shape index (κ1) is 16.0. The molecule has 2 aromatic carbocycles. The van der Waals surface area contributed by atoms with Crippen LogP contribution in [0.15, 0.2) is 53.6 Å². The Balaban J connectivity index is 1.66. The van der Waals surface area contributed by atoms with Gasteiger partial charge in [0.15, 0.2) is 6.23 Å². The van der Waals surface area contributed by atoms with Crippen LogP contribution < -0.4 is 9.47 Å². The quantitative estimate of drug-likeness (QED) is 0.817. The lowest BCUT2D eigenvalue weighted by Gasteiger charge is -2.39. The Morgan fingerprint density at radius 1 is 1.16 bits per heavy atom. The van der Waals surface area contributed by atoms with E-state index in [0.717, 1.165) is 29.2 Å². The monoisotopic (exact) mass is 336 g/mol. The molecule has 4 rings (SSSR count). The minimum absolute atomic E-state index is 0.0277. The van der Waals surface area contributed by atoms with Gasteiger partial charge in [-0.1, -0.05) is 32.0 Å². The van der Waals surface area contributed by atoms with Gasteiger partial charge in [-0.2, -0.15) is 5.10 Å². The van der Waals surface area contributed by atoms with E-state index in [2.05, 4.69) is 49.2 Å². The Hall–Kier alpha value is -2.49. The van der Waals surface area contributed by atoms with Gasteiger partial charge >= 0.3 is 0 Å². The standard InChI is InChI=1S/C21H24N2O2/c1-4-24-16-11-9-15(10-12-16)18-13-19-17-7-5-6-8-20(17)25-21(14(2)3)23(19)22-18/h5-12,14,19,21H,4,13H2,1-3H3/t19-,21+/m1/s1. The smallest absolute Gasteiger partial charge is 0.190 e. The van der Waals surface area contributed by atoms with Crippen molar-refractivity contribution < 1.29 is 9.47 Å². The average molecular weight is 336 g/mol. The van der Waals surface area contributed by atoms with Crippen molar-refractivity contribution in [3.8, 4) is 11.5 Å². The predicted molar refractivity (Wildman–Crippen MR) is 99.0 cm³/mol. The third-order valence-corrected chi connectivity index (χ3v) is 4.80. The first-order valence-electron chi connectivity index (χ1n) is 9.02. The van der Waals surface area contributed by atoms with E-state index in [-0.39, 0.29) is 12.3 Å². The molecule has 0 spiro atoms. The van der Waals surface area contributed by atoms with Crippen molar-refractivity contribution in [2.24, 2.45) is 11.0 Å². The van der Waals surface area contributed by atoms with Crippen molar-refractivity contribution in [2.45, 2.75) is 39.5 Å². The Morgan fingerprint density at radius 3 is 2.64 bits per heavy atom. The van der Waals surface area contributed by atoms with Crippen LogP contribution in [0.25, 0.3) is 0 Å². The molecule has 2 aliphatic heterocycles. The van der Waals surface area contributed by atoms with Gasteiger partial charge in [0.05, 0.1) is 18.4 Å². The molecule has 4 nitrogen and oxygen atoms in total. The summed E-state index contributed by atoms with van der Waals surface area (Å²) in [5, 5.41) is 7.09. The third-order valence-electron chi connectivity index (χ3n) is 4.80. The minimum atomic E-state index is -0.0277. The van der Waals surface area contributed by atoms with Crippen molar-refractivity contribution in [1.82, 2.24) is 5.01 Å². The fourth-order valence-corrected chi connectivity index (χ4v) is 3.59. The number of hydrazone groups is 1. The SMILES string of the molecule is CCOc1ccc(C2=NN3[C@H](C2)c2ccccc2O[C@H]3C(C)C)cc1. The van der Waals surface area contributed by atoms with Gasteiger partial charge in [-0.15, -0.1) is 0 Å². The molecule has 0 amide bonds. The van der Waals surface area contributed by atoms with Crippen LogP contribution in [0.2, 0.25) is 0 Å². The van der Waals surface area contributed by atoms with Crippen molar-refractivity contribution >= 4 is 5.71 Å². The topological polar surface area (TPSA) is 34.1 Å². The van der Waals surface area contributed by atoms with Crippen LogP contribution in [-0.2, 0) is 0 Å². The molecule has 0 aromatic heterocycles. The van der Waals surface area contributed by atoms with Crippen molar-refractivity contribution in [1.29, 1.82) is 0 Å². The zero-order valence-corrected chi connectivity index (χ0v) is 15.0. The Kier molecular flexibility index (Phi) is 4.12. The fourth-order valence-electron chi connectivity index (χ4n) is 3.59. The molecule has 0 fully saturated rings. The molecule has 2 atom stereocenters. The molecular formula is C21H24N2O2. The van der Waals surface area contributed by atoms with Crippen LogP contribution in [0.4, 0.5) is 0 Å². The van der Waals surface area contributed by atoms with Crippen LogP contribution in [0.5, 0.6) is 11.5 Å². The fraction of sp³-hybridized carbons (Fsp3) is 0.381. The van der Waals surface area contributed by atoms with Crippen LogP contribution in [-0.4, -0.2) is 23.6 Å². The minimum Gasteiger partial charge on any atom is -0.494 e. The highest BCUT2D eigenvalue weighted by Gasteiger charge is 2.41. The van der Waals surface area contributed by atoms with Gasteiger partial charge in [-0.3, -0.25) is 0 Å². The van der Waals surface area contributed by atoms with Gasteiger partial charge in [0.2, 0.25) is 0 Å². The Bertz CT molecular complexity index is 783. The molecule has 0 N–H and O–H groups in total. The maximum absolute atomic E-state index is 6.24. The second kappa shape index (κ2) is 6.43. The lowest BCUT2D eigenvalue weighted by Crippen LogP contribution is -2.43. The number of benzene rings is 2. The average Bonchev–Trinajstić information content (AvgIpc) is 3.07. The molecule has 25 heavy (non-hydrogen) atoms. The van der Waals surface area contributed by atoms with Crippen LogP contribution in [0, 0.1) is 5.92 Å². The molecule has 2 aliphatic rings. The highest BCUT2D eigenvalue weighted by atomic mass is 16.5. The lowest BCUT2D eigenvalue weighted by atomic mass is 9.95. The first-order chi connectivity index (χ1) is 12.2. The van der Waals surface area contributed by atoms with Crippen LogP contribution in [0.1, 0.15) is 44.4 Å². The number of fused-ring (bicyclic) bond motifs is 3. The molecule has 130 valence electrons. The van der Waals surface area contributed by atoms with E-state index in [1.165, 1.54) is 5.56 Å². The van der Waals surface area contributed by atoms with E-state index >= 15 is 0 Å². The second-order valence-electron chi connectivity index (χ2n) is 6.89. The number of nitrogens with zero attached hydrogens (tertiary/aromatic N) is 2. The molecular weight excluding hydrogens is 312 g/mol. The van der Waals surface area contributed by atoms with Crippen molar-refractivity contribution in [3.05, 3.63) is 59.7 Å². The third kappa shape index (κ3) is 2.86. The van der Waals surface area contributed by atoms with E-state index in [0.29, 0.717) is 12.5 Å². The summed E-state index contributed by atoms with van der Waals surface area (Å²) in [5.74, 6) is 2.25. The van der Waals surface area contributed by atoms with Gasteiger partial charge in [-0.25, -0.2) is 5.01 Å². The summed E-state index contributed by atoms with van der Waals surface area (Å²) in [7, 11) is 0. The molecule has 0 unspecified atom stereocenters. The van der Waals surface area contributed by atoms with Gasteiger partial charge in [0.25, 0.3) is 0 Å². The molecule has 0 saturated heterocycles. The van der Waals surface area contributed by atoms with Gasteiger partial charge in [0.1, 0.15) is 11.5 Å². The largest absolute Gasteiger partial charge is 0.494 e. The van der Waals surface area contributed by atoms with E-state index in [4.69, 9.17) is 14.6 Å². The van der Waals surface area contributed by atoms with Gasteiger partial charge < -0.3 is 9.47 Å². The van der Waals surface area contributed by atoms with Crippen molar-refractivity contribution in [3.63, 3.8) is 0 Å². The zero-order chi connectivity index (χ0) is 17.4. The maximum Gasteiger partial charge on any atom is 0.190 e. The van der Waals surface area contributed by atoms with E-state index < -0.39 is 0 Å². The highest BCUT2D eigenvalue weighted by Crippen LogP contribution is 2.44. The summed E-state index contributed by atoms with van der Waals surface area (Å²) in [6.45, 7) is 7.04. The van der Waals surface area contributed by atoms with E-state index in [9.17, 15) is 0 Å². The number of para-hydroxylation sites is 1. The molecule has 0 saturated carbocycles. The zero-order valence-electron chi connectivity index (χ0n) is 15.0. The number of rotatable bonds is 4. The number of ether oxygens (including phenoxy) is 2. The Morgan fingerprint density at radius 2 is 1.92 bits per heavy atom. The normalized spacial score (nSPS) is 21.4. The molecule has 0 aliphatic carbocycles. The Labute approximate surface area is 149 Å². The molecule has 2 heterocycles. The summed E-state index contributed by atoms with van der Waals surface area (Å²) in [6.07, 6.45) is 0.873. The number of hydrogen-bond donors (Lipinski definition) is 0. The molecule has 0 radical (unpaired) electrons. The highest BCUT2D eigenvalue weighted by molar-refractivity contribution is 6.02. The van der Waals surface area contributed by atoms with Crippen LogP contribution in [0.3, 0.4) is 0 Å². The molecule has 4 heteroatoms. The second-order valence-corrected chi connectivity index (χ2v) is 6.89. The summed E-state index contributed by atoms with van der Waals surface area (Å²) in [6, 6.07) is 16.8. The summed E-state index contributed by atoms with van der Waals surface area (Å²) in [4.78, 5) is 0. The van der Waals surface area contributed by atoms with E-state index in [1.54, 1.807) is 0 Å². The molecule has 2 aromatic rings. The van der Waals surface area contributed by atoms with Crippen LogP contribution >= 0.6 is 0 Å². The predicted octanol–water partition coefficient (Wildman–Crippen LogP) is 4.61. The van der Waals surface area contributed by atoms with Gasteiger partial charge in [0, 0.05) is 17.9 Å². The summed E-state index contributed by atoms with van der Waals surface area (Å²) >= 11 is 0. The molecule has 0 bridgehead atoms. The maximum atomic E-state index is 6.24. The summed E-state index contributed by atoms with van der Waals surface area (Å²) in [5.41, 5.74) is 3.49. The van der Waals surface area contributed by atoms with Crippen molar-refractivity contribution in [2.75, 3.05) is 6.61 Å². The lowest BCUT2D eigenvalue weighted by molar-refractivity contribution is -0.0461. The van der Waals surface area contributed by atoms with E-state index in [1.807, 2.05) is 25.1 Å². The number of hydrogen-bond acceptors (Lipinski definition) is 4. The summed E-state index contributed by atoms with van der Waals surface area (Å²) < 4.78 is 11.8. The first-order valence-corrected chi connectivity index (χ1v) is 9.02.